The predicted molar refractivity (Wildman–Crippen MR) is 72.7 cm³/mol. The Morgan fingerprint density at radius 3 is 2.83 bits per heavy atom. The zero-order valence-corrected chi connectivity index (χ0v) is 11.3. The van der Waals surface area contributed by atoms with Crippen LogP contribution in [0, 0.1) is 11.3 Å². The van der Waals surface area contributed by atoms with Crippen molar-refractivity contribution in [3.63, 3.8) is 0 Å². The number of likely N-dealkylation sites (N-methyl/N-ethyl adjacent to an activating group) is 1. The van der Waals surface area contributed by atoms with Gasteiger partial charge in [-0.05, 0) is 24.6 Å². The molecule has 96 valence electrons. The van der Waals surface area contributed by atoms with Gasteiger partial charge in [0.15, 0.2) is 0 Å². The largest absolute Gasteiger partial charge is 0.365 e. The number of amides is 1. The van der Waals surface area contributed by atoms with Crippen LogP contribution in [0.2, 0.25) is 5.02 Å². The summed E-state index contributed by atoms with van der Waals surface area (Å²) in [7, 11) is 1.81. The summed E-state index contributed by atoms with van der Waals surface area (Å²) in [5.74, 6) is -0.0279. The van der Waals surface area contributed by atoms with Gasteiger partial charge in [-0.25, -0.2) is 0 Å². The van der Waals surface area contributed by atoms with E-state index in [0.717, 1.165) is 12.1 Å². The third-order valence-electron chi connectivity index (χ3n) is 2.47. The Balaban J connectivity index is 2.67. The predicted octanol–water partition coefficient (Wildman–Crippen LogP) is 2.17. The van der Waals surface area contributed by atoms with E-state index in [1.165, 1.54) is 0 Å². The molecule has 1 aromatic rings. The first kappa shape index (κ1) is 14.3. The van der Waals surface area contributed by atoms with Gasteiger partial charge in [0.05, 0.1) is 17.1 Å². The van der Waals surface area contributed by atoms with Crippen LogP contribution >= 0.6 is 11.6 Å². The minimum Gasteiger partial charge on any atom is -0.365 e. The molecule has 4 nitrogen and oxygen atoms in total. The van der Waals surface area contributed by atoms with E-state index in [2.05, 4.69) is 5.32 Å². The van der Waals surface area contributed by atoms with Crippen molar-refractivity contribution in [1.29, 1.82) is 5.26 Å². The summed E-state index contributed by atoms with van der Waals surface area (Å²) in [5.41, 5.74) is 1.25. The summed E-state index contributed by atoms with van der Waals surface area (Å²) in [4.78, 5) is 13.3. The zero-order chi connectivity index (χ0) is 13.5. The monoisotopic (exact) mass is 265 g/mol. The van der Waals surface area contributed by atoms with Gasteiger partial charge in [-0.1, -0.05) is 18.5 Å². The molecule has 0 fully saturated rings. The first-order valence-electron chi connectivity index (χ1n) is 5.76. The van der Waals surface area contributed by atoms with Crippen molar-refractivity contribution < 1.29 is 4.79 Å². The number of hydrogen-bond acceptors (Lipinski definition) is 3. The van der Waals surface area contributed by atoms with E-state index >= 15 is 0 Å². The first-order chi connectivity index (χ1) is 8.58. The number of carbonyl (C=O) groups is 1. The molecule has 0 aliphatic carbocycles. The zero-order valence-electron chi connectivity index (χ0n) is 10.5. The number of hydrogen-bond donors (Lipinski definition) is 1. The summed E-state index contributed by atoms with van der Waals surface area (Å²) in [5, 5.41) is 12.0. The highest BCUT2D eigenvalue weighted by molar-refractivity contribution is 6.32. The van der Waals surface area contributed by atoms with E-state index in [0.29, 0.717) is 17.1 Å². The van der Waals surface area contributed by atoms with Gasteiger partial charge in [-0.15, -0.1) is 0 Å². The molecule has 1 rings (SSSR count). The normalized spacial score (nSPS) is 9.67. The van der Waals surface area contributed by atoms with Crippen molar-refractivity contribution in [2.45, 2.75) is 13.3 Å². The van der Waals surface area contributed by atoms with Crippen LogP contribution in [0.15, 0.2) is 18.2 Å². The SMILES string of the molecule is CCCNC(=O)CN(C)c1ccc(C#N)c(Cl)c1. The van der Waals surface area contributed by atoms with E-state index in [1.807, 2.05) is 20.0 Å². The molecule has 1 amide bonds. The number of nitrogens with one attached hydrogen (secondary N) is 1. The van der Waals surface area contributed by atoms with Gasteiger partial charge in [0.2, 0.25) is 5.91 Å². The smallest absolute Gasteiger partial charge is 0.239 e. The minimum absolute atomic E-state index is 0.0279. The quantitative estimate of drug-likeness (QED) is 0.888. The molecule has 1 N–H and O–H groups in total. The fourth-order valence-corrected chi connectivity index (χ4v) is 1.68. The van der Waals surface area contributed by atoms with E-state index in [9.17, 15) is 4.79 Å². The topological polar surface area (TPSA) is 56.1 Å². The lowest BCUT2D eigenvalue weighted by Crippen LogP contribution is -2.35. The number of nitriles is 1. The number of carbonyl (C=O) groups excluding carboxylic acids is 1. The molecule has 0 spiro atoms. The van der Waals surface area contributed by atoms with Crippen molar-refractivity contribution in [2.75, 3.05) is 25.0 Å². The maximum atomic E-state index is 11.6. The van der Waals surface area contributed by atoms with Gasteiger partial charge < -0.3 is 10.2 Å². The second kappa shape index (κ2) is 6.87. The lowest BCUT2D eigenvalue weighted by atomic mass is 10.2. The third-order valence-corrected chi connectivity index (χ3v) is 2.78. The molecule has 0 saturated carbocycles. The molecule has 0 atom stereocenters. The van der Waals surface area contributed by atoms with Crippen molar-refractivity contribution in [2.24, 2.45) is 0 Å². The second-order valence-corrected chi connectivity index (χ2v) is 4.39. The lowest BCUT2D eigenvalue weighted by molar-refractivity contribution is -0.119. The number of halogens is 1. The Hall–Kier alpha value is -1.73. The fraction of sp³-hybridized carbons (Fsp3) is 0.385. The van der Waals surface area contributed by atoms with E-state index < -0.39 is 0 Å². The molecule has 0 aromatic heterocycles. The average molecular weight is 266 g/mol. The fourth-order valence-electron chi connectivity index (χ4n) is 1.46. The van der Waals surface area contributed by atoms with Crippen LogP contribution in [0.4, 0.5) is 5.69 Å². The Bertz CT molecular complexity index is 468. The van der Waals surface area contributed by atoms with Gasteiger partial charge in [0, 0.05) is 19.3 Å². The summed E-state index contributed by atoms with van der Waals surface area (Å²) in [6, 6.07) is 7.11. The van der Waals surface area contributed by atoms with Crippen molar-refractivity contribution >= 4 is 23.2 Å². The van der Waals surface area contributed by atoms with Gasteiger partial charge in [0.25, 0.3) is 0 Å². The van der Waals surface area contributed by atoms with Crippen LogP contribution in [0.3, 0.4) is 0 Å². The Kier molecular flexibility index (Phi) is 5.47. The lowest BCUT2D eigenvalue weighted by Gasteiger charge is -2.19. The van der Waals surface area contributed by atoms with Crippen molar-refractivity contribution in [3.8, 4) is 6.07 Å². The van der Waals surface area contributed by atoms with Gasteiger partial charge >= 0.3 is 0 Å². The van der Waals surface area contributed by atoms with Crippen LogP contribution < -0.4 is 10.2 Å². The molecule has 0 radical (unpaired) electrons. The second-order valence-electron chi connectivity index (χ2n) is 3.98. The van der Waals surface area contributed by atoms with Crippen LogP contribution in [0.5, 0.6) is 0 Å². The molecule has 18 heavy (non-hydrogen) atoms. The molecular formula is C13H16ClN3O. The molecule has 0 bridgehead atoms. The summed E-state index contributed by atoms with van der Waals surface area (Å²) in [6.07, 6.45) is 0.915. The Morgan fingerprint density at radius 1 is 1.56 bits per heavy atom. The molecular weight excluding hydrogens is 250 g/mol. The van der Waals surface area contributed by atoms with Crippen molar-refractivity contribution in [1.82, 2.24) is 5.32 Å². The Labute approximate surface area is 112 Å². The number of anilines is 1. The van der Waals surface area contributed by atoms with E-state index in [1.54, 1.807) is 23.1 Å². The summed E-state index contributed by atoms with van der Waals surface area (Å²) < 4.78 is 0. The molecule has 0 saturated heterocycles. The Morgan fingerprint density at radius 2 is 2.28 bits per heavy atom. The summed E-state index contributed by atoms with van der Waals surface area (Å²) in [6.45, 7) is 2.95. The molecule has 0 aliphatic rings. The maximum Gasteiger partial charge on any atom is 0.239 e. The maximum absolute atomic E-state index is 11.6. The molecule has 0 unspecified atom stereocenters. The molecule has 1 aromatic carbocycles. The molecule has 0 heterocycles. The van der Waals surface area contributed by atoms with Gasteiger partial charge in [-0.2, -0.15) is 5.26 Å². The third kappa shape index (κ3) is 3.94. The number of nitrogens with zero attached hydrogens (tertiary/aromatic N) is 2. The highest BCUT2D eigenvalue weighted by Crippen LogP contribution is 2.22. The van der Waals surface area contributed by atoms with E-state index in [-0.39, 0.29) is 12.5 Å². The van der Waals surface area contributed by atoms with Crippen LogP contribution in [-0.2, 0) is 4.79 Å². The molecule has 0 aliphatic heterocycles. The van der Waals surface area contributed by atoms with Gasteiger partial charge in [0.1, 0.15) is 6.07 Å². The highest BCUT2D eigenvalue weighted by Gasteiger charge is 2.08. The number of rotatable bonds is 5. The van der Waals surface area contributed by atoms with Crippen LogP contribution in [0.25, 0.3) is 0 Å². The van der Waals surface area contributed by atoms with Crippen LogP contribution in [0.1, 0.15) is 18.9 Å². The summed E-state index contributed by atoms with van der Waals surface area (Å²) >= 11 is 5.94. The van der Waals surface area contributed by atoms with E-state index in [4.69, 9.17) is 16.9 Å². The van der Waals surface area contributed by atoms with Gasteiger partial charge in [-0.3, -0.25) is 4.79 Å². The number of benzene rings is 1. The van der Waals surface area contributed by atoms with Crippen molar-refractivity contribution in [3.05, 3.63) is 28.8 Å². The first-order valence-corrected chi connectivity index (χ1v) is 6.13. The average Bonchev–Trinajstić information content (AvgIpc) is 2.36. The minimum atomic E-state index is -0.0279. The highest BCUT2D eigenvalue weighted by atomic mass is 35.5. The van der Waals surface area contributed by atoms with Crippen LogP contribution in [-0.4, -0.2) is 26.0 Å². The standard InChI is InChI=1S/C13H16ClN3O/c1-3-6-16-13(18)9-17(2)11-5-4-10(8-15)12(14)7-11/h4-5,7H,3,6,9H2,1-2H3,(H,16,18). The molecule has 5 heteroatoms.